The first kappa shape index (κ1) is 10.1. The predicted molar refractivity (Wildman–Crippen MR) is 50.1 cm³/mol. The van der Waals surface area contributed by atoms with Gasteiger partial charge in [0.25, 0.3) is 0 Å². The molecule has 0 unspecified atom stereocenters. The van der Waals surface area contributed by atoms with Gasteiger partial charge < -0.3 is 9.64 Å². The molecule has 0 bridgehead atoms. The fourth-order valence-electron chi connectivity index (χ4n) is 1.43. The molecule has 1 amide bonds. The van der Waals surface area contributed by atoms with Gasteiger partial charge in [-0.15, -0.1) is 6.42 Å². The third kappa shape index (κ3) is 3.47. The van der Waals surface area contributed by atoms with E-state index in [1.54, 1.807) is 0 Å². The molecule has 1 saturated heterocycles. The zero-order valence-electron chi connectivity index (χ0n) is 7.79. The Morgan fingerprint density at radius 3 is 2.69 bits per heavy atom. The molecule has 13 heavy (non-hydrogen) atoms. The molecule has 0 atom stereocenters. The lowest BCUT2D eigenvalue weighted by atomic mass is 10.1. The van der Waals surface area contributed by atoms with Gasteiger partial charge >= 0.3 is 0 Å². The number of ether oxygens (including phenoxy) is 1. The van der Waals surface area contributed by atoms with Crippen molar-refractivity contribution in [3.8, 4) is 12.3 Å². The summed E-state index contributed by atoms with van der Waals surface area (Å²) in [5.41, 5.74) is 0. The van der Waals surface area contributed by atoms with Crippen LogP contribution in [0.15, 0.2) is 0 Å². The third-order valence-corrected chi connectivity index (χ3v) is 2.12. The number of likely N-dealkylation sites (tertiary alicyclic amines) is 1. The van der Waals surface area contributed by atoms with Crippen LogP contribution < -0.4 is 0 Å². The Bertz CT molecular complexity index is 201. The number of hydrogen-bond acceptors (Lipinski definition) is 2. The number of carbonyl (C=O) groups is 1. The number of hydrogen-bond donors (Lipinski definition) is 0. The van der Waals surface area contributed by atoms with Gasteiger partial charge in [-0.1, -0.05) is 5.92 Å². The summed E-state index contributed by atoms with van der Waals surface area (Å²) in [7, 11) is 0. The average molecular weight is 181 g/mol. The predicted octanol–water partition coefficient (Wildman–Crippen LogP) is 0.649. The van der Waals surface area contributed by atoms with Crippen molar-refractivity contribution >= 4 is 5.91 Å². The highest BCUT2D eigenvalue weighted by Crippen LogP contribution is 2.08. The second-order valence-corrected chi connectivity index (χ2v) is 3.14. The van der Waals surface area contributed by atoms with Crippen LogP contribution >= 0.6 is 0 Å². The van der Waals surface area contributed by atoms with Gasteiger partial charge in [0.15, 0.2) is 0 Å². The standard InChI is InChI=1S/C10H15NO2/c1-2-8-13-9-10(12)11-6-4-3-5-7-11/h1H,3-9H2. The van der Waals surface area contributed by atoms with E-state index in [1.165, 1.54) is 6.42 Å². The summed E-state index contributed by atoms with van der Waals surface area (Å²) in [6.45, 7) is 2.10. The minimum atomic E-state index is 0.0648. The number of rotatable bonds is 3. The quantitative estimate of drug-likeness (QED) is 0.472. The van der Waals surface area contributed by atoms with Crippen molar-refractivity contribution in [1.29, 1.82) is 0 Å². The van der Waals surface area contributed by atoms with Gasteiger partial charge in [0.1, 0.15) is 13.2 Å². The Hall–Kier alpha value is -1.01. The van der Waals surface area contributed by atoms with Gasteiger partial charge in [-0.05, 0) is 19.3 Å². The third-order valence-electron chi connectivity index (χ3n) is 2.12. The number of terminal acetylenes is 1. The Morgan fingerprint density at radius 2 is 2.08 bits per heavy atom. The molecule has 1 aliphatic heterocycles. The summed E-state index contributed by atoms with van der Waals surface area (Å²) in [5.74, 6) is 2.40. The SMILES string of the molecule is C#CCOCC(=O)N1CCCCC1. The van der Waals surface area contributed by atoms with E-state index in [0.717, 1.165) is 25.9 Å². The fraction of sp³-hybridized carbons (Fsp3) is 0.700. The molecule has 0 N–H and O–H groups in total. The van der Waals surface area contributed by atoms with Gasteiger partial charge in [-0.3, -0.25) is 4.79 Å². The van der Waals surface area contributed by atoms with Gasteiger partial charge in [0, 0.05) is 13.1 Å². The molecule has 3 nitrogen and oxygen atoms in total. The highest BCUT2D eigenvalue weighted by molar-refractivity contribution is 5.77. The van der Waals surface area contributed by atoms with E-state index in [1.807, 2.05) is 4.90 Å². The molecule has 72 valence electrons. The zero-order chi connectivity index (χ0) is 9.52. The molecule has 0 spiro atoms. The molecule has 3 heteroatoms. The Balaban J connectivity index is 2.18. The first-order valence-electron chi connectivity index (χ1n) is 4.63. The first-order chi connectivity index (χ1) is 6.34. The maximum atomic E-state index is 11.4. The van der Waals surface area contributed by atoms with E-state index in [4.69, 9.17) is 11.2 Å². The van der Waals surface area contributed by atoms with Gasteiger partial charge in [-0.2, -0.15) is 0 Å². The van der Waals surface area contributed by atoms with Crippen molar-refractivity contribution in [2.75, 3.05) is 26.3 Å². The Morgan fingerprint density at radius 1 is 1.38 bits per heavy atom. The Kier molecular flexibility index (Phi) is 4.34. The number of carbonyl (C=O) groups excluding carboxylic acids is 1. The molecule has 1 heterocycles. The van der Waals surface area contributed by atoms with E-state index in [2.05, 4.69) is 5.92 Å². The van der Waals surface area contributed by atoms with Crippen molar-refractivity contribution in [2.45, 2.75) is 19.3 Å². The summed E-state index contributed by atoms with van der Waals surface area (Å²) in [6, 6.07) is 0. The maximum Gasteiger partial charge on any atom is 0.248 e. The van der Waals surface area contributed by atoms with Gasteiger partial charge in [0.2, 0.25) is 5.91 Å². The monoisotopic (exact) mass is 181 g/mol. The van der Waals surface area contributed by atoms with Gasteiger partial charge in [0.05, 0.1) is 0 Å². The topological polar surface area (TPSA) is 29.5 Å². The van der Waals surface area contributed by atoms with E-state index >= 15 is 0 Å². The lowest BCUT2D eigenvalue weighted by Gasteiger charge is -2.26. The molecular formula is C10H15NO2. The minimum absolute atomic E-state index is 0.0648. The molecule has 0 aromatic heterocycles. The zero-order valence-corrected chi connectivity index (χ0v) is 7.79. The fourth-order valence-corrected chi connectivity index (χ4v) is 1.43. The second-order valence-electron chi connectivity index (χ2n) is 3.14. The molecule has 1 rings (SSSR count). The summed E-state index contributed by atoms with van der Waals surface area (Å²) in [5, 5.41) is 0. The summed E-state index contributed by atoms with van der Waals surface area (Å²) >= 11 is 0. The molecule has 0 aliphatic carbocycles. The summed E-state index contributed by atoms with van der Waals surface area (Å²) in [6.07, 6.45) is 8.45. The van der Waals surface area contributed by atoms with Crippen LogP contribution in [-0.2, 0) is 9.53 Å². The molecular weight excluding hydrogens is 166 g/mol. The van der Waals surface area contributed by atoms with Crippen LogP contribution in [-0.4, -0.2) is 37.1 Å². The normalized spacial score (nSPS) is 16.7. The lowest BCUT2D eigenvalue weighted by molar-refractivity contribution is -0.136. The maximum absolute atomic E-state index is 11.4. The molecule has 1 aliphatic rings. The van der Waals surface area contributed by atoms with E-state index < -0.39 is 0 Å². The molecule has 0 aromatic carbocycles. The first-order valence-corrected chi connectivity index (χ1v) is 4.63. The number of amides is 1. The van der Waals surface area contributed by atoms with Crippen LogP contribution in [0.2, 0.25) is 0 Å². The van der Waals surface area contributed by atoms with Crippen LogP contribution in [0.1, 0.15) is 19.3 Å². The van der Waals surface area contributed by atoms with Crippen molar-refractivity contribution in [2.24, 2.45) is 0 Å². The van der Waals surface area contributed by atoms with Crippen molar-refractivity contribution < 1.29 is 9.53 Å². The highest BCUT2D eigenvalue weighted by atomic mass is 16.5. The number of nitrogens with zero attached hydrogens (tertiary/aromatic N) is 1. The lowest BCUT2D eigenvalue weighted by Crippen LogP contribution is -2.38. The Labute approximate surface area is 79.1 Å². The van der Waals surface area contributed by atoms with Crippen LogP contribution in [0.25, 0.3) is 0 Å². The van der Waals surface area contributed by atoms with E-state index in [9.17, 15) is 4.79 Å². The molecule has 0 aromatic rings. The largest absolute Gasteiger partial charge is 0.359 e. The van der Waals surface area contributed by atoms with E-state index in [-0.39, 0.29) is 19.1 Å². The average Bonchev–Trinajstić information content (AvgIpc) is 2.19. The van der Waals surface area contributed by atoms with E-state index in [0.29, 0.717) is 0 Å². The van der Waals surface area contributed by atoms with Crippen molar-refractivity contribution in [1.82, 2.24) is 4.90 Å². The van der Waals surface area contributed by atoms with Crippen LogP contribution in [0, 0.1) is 12.3 Å². The van der Waals surface area contributed by atoms with Crippen LogP contribution in [0.3, 0.4) is 0 Å². The molecule has 0 radical (unpaired) electrons. The van der Waals surface area contributed by atoms with Crippen LogP contribution in [0.4, 0.5) is 0 Å². The van der Waals surface area contributed by atoms with Crippen molar-refractivity contribution in [3.63, 3.8) is 0 Å². The second kappa shape index (κ2) is 5.60. The highest BCUT2D eigenvalue weighted by Gasteiger charge is 2.15. The minimum Gasteiger partial charge on any atom is -0.359 e. The number of piperidine rings is 1. The van der Waals surface area contributed by atoms with Crippen molar-refractivity contribution in [3.05, 3.63) is 0 Å². The smallest absolute Gasteiger partial charge is 0.248 e. The van der Waals surface area contributed by atoms with Gasteiger partial charge in [-0.25, -0.2) is 0 Å². The summed E-state index contributed by atoms with van der Waals surface area (Å²) in [4.78, 5) is 13.3. The molecule has 0 saturated carbocycles. The van der Waals surface area contributed by atoms with Crippen LogP contribution in [0.5, 0.6) is 0 Å². The summed E-state index contributed by atoms with van der Waals surface area (Å²) < 4.78 is 4.97. The molecule has 1 fully saturated rings.